The molecular formula is C10H12O4S. The maximum absolute atomic E-state index is 10.7. The molecule has 0 saturated heterocycles. The molecule has 82 valence electrons. The number of carboxylic acid groups (broad SMARTS) is 1. The van der Waals surface area contributed by atoms with E-state index < -0.39 is 12.1 Å². The molecule has 1 atom stereocenters. The second-order valence-corrected chi connectivity index (χ2v) is 3.67. The third-order valence-electron chi connectivity index (χ3n) is 1.97. The number of methoxy groups -OCH3 is 1. The highest BCUT2D eigenvalue weighted by Crippen LogP contribution is 2.33. The number of thioether (sulfide) groups is 1. The van der Waals surface area contributed by atoms with Crippen molar-refractivity contribution >= 4 is 17.7 Å². The Labute approximate surface area is 91.9 Å². The highest BCUT2D eigenvalue weighted by molar-refractivity contribution is 7.98. The molecule has 1 aromatic rings. The maximum atomic E-state index is 10.7. The van der Waals surface area contributed by atoms with Crippen LogP contribution in [0.15, 0.2) is 23.1 Å². The van der Waals surface area contributed by atoms with Gasteiger partial charge in [0.25, 0.3) is 0 Å². The summed E-state index contributed by atoms with van der Waals surface area (Å²) in [5.41, 5.74) is 0.306. The number of hydrogen-bond donors (Lipinski definition) is 2. The standard InChI is InChI=1S/C10H12O4S/c1-14-6-4-3-5-7(15-2)8(6)9(11)10(12)13/h3-5,9,11H,1-2H3,(H,12,13). The summed E-state index contributed by atoms with van der Waals surface area (Å²) in [5, 5.41) is 18.3. The van der Waals surface area contributed by atoms with Crippen LogP contribution in [0.3, 0.4) is 0 Å². The molecule has 0 saturated carbocycles. The number of ether oxygens (including phenoxy) is 1. The summed E-state index contributed by atoms with van der Waals surface area (Å²) in [4.78, 5) is 11.4. The van der Waals surface area contributed by atoms with Crippen molar-refractivity contribution in [2.75, 3.05) is 13.4 Å². The Morgan fingerprint density at radius 2 is 2.20 bits per heavy atom. The van der Waals surface area contributed by atoms with Gasteiger partial charge in [0.15, 0.2) is 6.10 Å². The molecule has 0 aromatic heterocycles. The zero-order chi connectivity index (χ0) is 11.4. The van der Waals surface area contributed by atoms with Gasteiger partial charge >= 0.3 is 5.97 Å². The van der Waals surface area contributed by atoms with Crippen LogP contribution in [0.2, 0.25) is 0 Å². The number of aliphatic hydroxyl groups is 1. The van der Waals surface area contributed by atoms with E-state index in [0.717, 1.165) is 0 Å². The van der Waals surface area contributed by atoms with Gasteiger partial charge in [0.1, 0.15) is 5.75 Å². The second-order valence-electron chi connectivity index (χ2n) is 2.82. The highest BCUT2D eigenvalue weighted by atomic mass is 32.2. The number of aliphatic hydroxyl groups excluding tert-OH is 1. The third-order valence-corrected chi connectivity index (χ3v) is 2.77. The van der Waals surface area contributed by atoms with Crippen LogP contribution in [0, 0.1) is 0 Å². The molecule has 1 unspecified atom stereocenters. The summed E-state index contributed by atoms with van der Waals surface area (Å²) in [6, 6.07) is 5.12. The van der Waals surface area contributed by atoms with Gasteiger partial charge in [0, 0.05) is 10.5 Å². The molecule has 15 heavy (non-hydrogen) atoms. The van der Waals surface area contributed by atoms with Gasteiger partial charge in [0.05, 0.1) is 7.11 Å². The Kier molecular flexibility index (Phi) is 3.99. The van der Waals surface area contributed by atoms with E-state index in [0.29, 0.717) is 16.2 Å². The number of benzene rings is 1. The van der Waals surface area contributed by atoms with Crippen LogP contribution in [0.1, 0.15) is 11.7 Å². The molecule has 1 rings (SSSR count). The molecule has 5 heteroatoms. The molecule has 0 amide bonds. The summed E-state index contributed by atoms with van der Waals surface area (Å²) in [7, 11) is 1.44. The van der Waals surface area contributed by atoms with Crippen LogP contribution < -0.4 is 4.74 Å². The Balaban J connectivity index is 3.27. The van der Waals surface area contributed by atoms with Crippen LogP contribution >= 0.6 is 11.8 Å². The Morgan fingerprint density at radius 3 is 2.67 bits per heavy atom. The number of carboxylic acids is 1. The minimum absolute atomic E-state index is 0.306. The van der Waals surface area contributed by atoms with Crippen molar-refractivity contribution < 1.29 is 19.7 Å². The van der Waals surface area contributed by atoms with Crippen molar-refractivity contribution in [2.45, 2.75) is 11.0 Å². The van der Waals surface area contributed by atoms with Crippen LogP contribution in [0.4, 0.5) is 0 Å². The van der Waals surface area contributed by atoms with E-state index in [-0.39, 0.29) is 0 Å². The quantitative estimate of drug-likeness (QED) is 0.765. The molecule has 0 heterocycles. The van der Waals surface area contributed by atoms with Crippen molar-refractivity contribution in [1.82, 2.24) is 0 Å². The van der Waals surface area contributed by atoms with Gasteiger partial charge < -0.3 is 14.9 Å². The van der Waals surface area contributed by atoms with Gasteiger partial charge in [-0.2, -0.15) is 0 Å². The second kappa shape index (κ2) is 5.04. The molecule has 2 N–H and O–H groups in total. The molecule has 0 aliphatic heterocycles. The van der Waals surface area contributed by atoms with E-state index in [1.54, 1.807) is 18.2 Å². The van der Waals surface area contributed by atoms with E-state index in [1.807, 2.05) is 6.26 Å². The van der Waals surface area contributed by atoms with Gasteiger partial charge in [-0.1, -0.05) is 6.07 Å². The summed E-state index contributed by atoms with van der Waals surface area (Å²) >= 11 is 1.37. The topological polar surface area (TPSA) is 66.8 Å². The van der Waals surface area contributed by atoms with E-state index in [2.05, 4.69) is 0 Å². The lowest BCUT2D eigenvalue weighted by molar-refractivity contribution is -0.147. The average molecular weight is 228 g/mol. The molecule has 0 radical (unpaired) electrons. The van der Waals surface area contributed by atoms with Gasteiger partial charge in [-0.3, -0.25) is 0 Å². The Hall–Kier alpha value is -1.20. The van der Waals surface area contributed by atoms with E-state index in [9.17, 15) is 9.90 Å². The Morgan fingerprint density at radius 1 is 1.53 bits per heavy atom. The zero-order valence-electron chi connectivity index (χ0n) is 8.43. The fourth-order valence-corrected chi connectivity index (χ4v) is 1.92. The molecule has 0 aliphatic rings. The molecular weight excluding hydrogens is 216 g/mol. The monoisotopic (exact) mass is 228 g/mol. The summed E-state index contributed by atoms with van der Waals surface area (Å²) in [6.07, 6.45) is 0.260. The molecule has 4 nitrogen and oxygen atoms in total. The maximum Gasteiger partial charge on any atom is 0.337 e. The predicted molar refractivity (Wildman–Crippen MR) is 57.4 cm³/mol. The number of rotatable bonds is 4. The molecule has 0 aliphatic carbocycles. The van der Waals surface area contributed by atoms with Crippen LogP contribution in [-0.4, -0.2) is 29.5 Å². The highest BCUT2D eigenvalue weighted by Gasteiger charge is 2.23. The first-order valence-corrected chi connectivity index (χ1v) is 5.46. The average Bonchev–Trinajstić information content (AvgIpc) is 2.26. The van der Waals surface area contributed by atoms with Crippen LogP contribution in [0.5, 0.6) is 5.75 Å². The fourth-order valence-electron chi connectivity index (χ4n) is 1.27. The summed E-state index contributed by atoms with van der Waals surface area (Å²) in [6.45, 7) is 0. The van der Waals surface area contributed by atoms with Crippen LogP contribution in [-0.2, 0) is 4.79 Å². The fraction of sp³-hybridized carbons (Fsp3) is 0.300. The van der Waals surface area contributed by atoms with E-state index in [4.69, 9.17) is 9.84 Å². The lowest BCUT2D eigenvalue weighted by Crippen LogP contribution is -2.12. The first kappa shape index (κ1) is 11.9. The zero-order valence-corrected chi connectivity index (χ0v) is 9.25. The normalized spacial score (nSPS) is 12.2. The number of hydrogen-bond acceptors (Lipinski definition) is 4. The lowest BCUT2D eigenvalue weighted by Gasteiger charge is -2.14. The minimum Gasteiger partial charge on any atom is -0.496 e. The number of carbonyl (C=O) groups is 1. The third kappa shape index (κ3) is 2.43. The minimum atomic E-state index is -1.55. The molecule has 1 aromatic carbocycles. The van der Waals surface area contributed by atoms with Gasteiger partial charge in [-0.25, -0.2) is 4.79 Å². The summed E-state index contributed by atoms with van der Waals surface area (Å²) in [5.74, 6) is -0.897. The van der Waals surface area contributed by atoms with Crippen LogP contribution in [0.25, 0.3) is 0 Å². The van der Waals surface area contributed by atoms with Crippen molar-refractivity contribution in [3.05, 3.63) is 23.8 Å². The predicted octanol–water partition coefficient (Wildman–Crippen LogP) is 1.54. The van der Waals surface area contributed by atoms with Crippen molar-refractivity contribution in [2.24, 2.45) is 0 Å². The summed E-state index contributed by atoms with van der Waals surface area (Å²) < 4.78 is 5.02. The molecule has 0 spiro atoms. The Bertz CT molecular complexity index is 342. The van der Waals surface area contributed by atoms with Gasteiger partial charge in [-0.05, 0) is 18.4 Å². The van der Waals surface area contributed by atoms with Gasteiger partial charge in [-0.15, -0.1) is 11.8 Å². The van der Waals surface area contributed by atoms with Gasteiger partial charge in [0.2, 0.25) is 0 Å². The molecule has 0 fully saturated rings. The SMILES string of the molecule is COc1cccc(SC)c1C(O)C(=O)O. The van der Waals surface area contributed by atoms with E-state index in [1.165, 1.54) is 18.9 Å². The molecule has 0 bridgehead atoms. The van der Waals surface area contributed by atoms with Crippen molar-refractivity contribution in [1.29, 1.82) is 0 Å². The van der Waals surface area contributed by atoms with E-state index >= 15 is 0 Å². The smallest absolute Gasteiger partial charge is 0.337 e. The first-order chi connectivity index (χ1) is 7.11. The largest absolute Gasteiger partial charge is 0.496 e. The lowest BCUT2D eigenvalue weighted by atomic mass is 10.1. The van der Waals surface area contributed by atoms with Crippen molar-refractivity contribution in [3.63, 3.8) is 0 Å². The number of aliphatic carboxylic acids is 1. The van der Waals surface area contributed by atoms with Crippen molar-refractivity contribution in [3.8, 4) is 5.75 Å². The first-order valence-electron chi connectivity index (χ1n) is 4.23.